The van der Waals surface area contributed by atoms with Crippen LogP contribution in [0.4, 0.5) is 0 Å². The van der Waals surface area contributed by atoms with E-state index in [0.717, 1.165) is 5.56 Å². The van der Waals surface area contributed by atoms with Crippen molar-refractivity contribution in [2.24, 2.45) is 0 Å². The molecular weight excluding hydrogens is 230 g/mol. The number of aliphatic hydroxyl groups excluding tert-OH is 1. The molecule has 1 aromatic heterocycles. The van der Waals surface area contributed by atoms with Gasteiger partial charge in [0, 0.05) is 16.7 Å². The lowest BCUT2D eigenvalue weighted by molar-refractivity contribution is 0.229. The van der Waals surface area contributed by atoms with Crippen LogP contribution in [-0.4, -0.2) is 17.4 Å². The van der Waals surface area contributed by atoms with Gasteiger partial charge in [0.1, 0.15) is 18.1 Å². The first kappa shape index (κ1) is 11.0. The molecule has 4 nitrogen and oxygen atoms in total. The van der Waals surface area contributed by atoms with Gasteiger partial charge in [-0.15, -0.1) is 0 Å². The summed E-state index contributed by atoms with van der Waals surface area (Å²) >= 11 is 5.90. The molecule has 0 fully saturated rings. The molecule has 0 saturated carbocycles. The van der Waals surface area contributed by atoms with E-state index in [1.54, 1.807) is 31.4 Å². The van der Waals surface area contributed by atoms with Gasteiger partial charge in [0.15, 0.2) is 5.76 Å². The first-order valence-corrected chi connectivity index (χ1v) is 5.02. The minimum atomic E-state index is -0.185. The summed E-state index contributed by atoms with van der Waals surface area (Å²) < 4.78 is 10.1. The van der Waals surface area contributed by atoms with E-state index in [2.05, 4.69) is 5.16 Å². The zero-order valence-electron chi connectivity index (χ0n) is 8.61. The molecule has 0 aliphatic carbocycles. The summed E-state index contributed by atoms with van der Waals surface area (Å²) in [5.74, 6) is 1.05. The molecule has 1 heterocycles. The summed E-state index contributed by atoms with van der Waals surface area (Å²) in [6, 6.07) is 6.87. The first-order valence-electron chi connectivity index (χ1n) is 4.65. The Morgan fingerprint density at radius 2 is 2.25 bits per heavy atom. The molecule has 0 spiro atoms. The first-order chi connectivity index (χ1) is 7.74. The van der Waals surface area contributed by atoms with Crippen molar-refractivity contribution in [1.29, 1.82) is 0 Å². The maximum Gasteiger partial charge on any atom is 0.162 e. The second kappa shape index (κ2) is 4.55. The third-order valence-corrected chi connectivity index (χ3v) is 2.39. The number of nitrogens with zero attached hydrogens (tertiary/aromatic N) is 1. The van der Waals surface area contributed by atoms with E-state index in [9.17, 15) is 0 Å². The minimum Gasteiger partial charge on any atom is -0.496 e. The Bertz CT molecular complexity index is 496. The van der Waals surface area contributed by atoms with Gasteiger partial charge in [-0.3, -0.25) is 0 Å². The monoisotopic (exact) mass is 239 g/mol. The molecule has 1 aromatic carbocycles. The van der Waals surface area contributed by atoms with E-state index in [4.69, 9.17) is 26.0 Å². The van der Waals surface area contributed by atoms with E-state index >= 15 is 0 Å². The number of aromatic nitrogens is 1. The molecule has 0 atom stereocenters. The second-order valence-corrected chi connectivity index (χ2v) is 3.62. The van der Waals surface area contributed by atoms with Crippen LogP contribution in [0.2, 0.25) is 5.02 Å². The number of hydrogen-bond acceptors (Lipinski definition) is 4. The van der Waals surface area contributed by atoms with Crippen molar-refractivity contribution in [3.05, 3.63) is 35.0 Å². The average molecular weight is 240 g/mol. The molecule has 0 aliphatic heterocycles. The highest BCUT2D eigenvalue weighted by molar-refractivity contribution is 6.30. The van der Waals surface area contributed by atoms with E-state index in [-0.39, 0.29) is 6.61 Å². The van der Waals surface area contributed by atoms with Crippen molar-refractivity contribution >= 4 is 11.6 Å². The van der Waals surface area contributed by atoms with Gasteiger partial charge in [-0.1, -0.05) is 16.8 Å². The number of ether oxygens (including phenoxy) is 1. The van der Waals surface area contributed by atoms with E-state index in [0.29, 0.717) is 22.2 Å². The Kier molecular flexibility index (Phi) is 3.12. The lowest BCUT2D eigenvalue weighted by Crippen LogP contribution is -1.87. The SMILES string of the molecule is COc1ccc(Cl)cc1-c1cc(CO)on1. The smallest absolute Gasteiger partial charge is 0.162 e. The highest BCUT2D eigenvalue weighted by atomic mass is 35.5. The van der Waals surface area contributed by atoms with Gasteiger partial charge in [0.25, 0.3) is 0 Å². The van der Waals surface area contributed by atoms with Gasteiger partial charge < -0.3 is 14.4 Å². The van der Waals surface area contributed by atoms with Crippen molar-refractivity contribution < 1.29 is 14.4 Å². The Morgan fingerprint density at radius 1 is 1.44 bits per heavy atom. The summed E-state index contributed by atoms with van der Waals surface area (Å²) in [6.45, 7) is -0.185. The van der Waals surface area contributed by atoms with Gasteiger partial charge in [-0.25, -0.2) is 0 Å². The van der Waals surface area contributed by atoms with Gasteiger partial charge in [-0.2, -0.15) is 0 Å². The van der Waals surface area contributed by atoms with Crippen LogP contribution >= 0.6 is 11.6 Å². The Hall–Kier alpha value is -1.52. The normalized spacial score (nSPS) is 10.4. The molecule has 16 heavy (non-hydrogen) atoms. The molecule has 2 rings (SSSR count). The number of aliphatic hydroxyl groups is 1. The Morgan fingerprint density at radius 3 is 2.88 bits per heavy atom. The molecule has 0 amide bonds. The number of hydrogen-bond donors (Lipinski definition) is 1. The molecule has 0 bridgehead atoms. The van der Waals surface area contributed by atoms with Crippen molar-refractivity contribution in [3.8, 4) is 17.0 Å². The van der Waals surface area contributed by atoms with Crippen LogP contribution in [0.15, 0.2) is 28.8 Å². The summed E-state index contributed by atoms with van der Waals surface area (Å²) in [6.07, 6.45) is 0. The van der Waals surface area contributed by atoms with Crippen molar-refractivity contribution in [2.75, 3.05) is 7.11 Å². The number of halogens is 1. The van der Waals surface area contributed by atoms with E-state index in [1.807, 2.05) is 0 Å². The van der Waals surface area contributed by atoms with Crippen LogP contribution in [0.5, 0.6) is 5.75 Å². The maximum atomic E-state index is 8.89. The Balaban J connectivity index is 2.49. The highest BCUT2D eigenvalue weighted by Gasteiger charge is 2.11. The third kappa shape index (κ3) is 2.03. The fourth-order valence-corrected chi connectivity index (χ4v) is 1.57. The molecule has 84 valence electrons. The zero-order valence-corrected chi connectivity index (χ0v) is 9.36. The molecule has 5 heteroatoms. The van der Waals surface area contributed by atoms with Gasteiger partial charge in [-0.05, 0) is 18.2 Å². The fourth-order valence-electron chi connectivity index (χ4n) is 1.39. The lowest BCUT2D eigenvalue weighted by Gasteiger charge is -2.05. The quantitative estimate of drug-likeness (QED) is 0.894. The number of benzene rings is 1. The maximum absolute atomic E-state index is 8.89. The van der Waals surface area contributed by atoms with Gasteiger partial charge in [0.2, 0.25) is 0 Å². The summed E-state index contributed by atoms with van der Waals surface area (Å²) in [4.78, 5) is 0. The summed E-state index contributed by atoms with van der Waals surface area (Å²) in [5, 5.41) is 13.3. The standard InChI is InChI=1S/C11H10ClNO3/c1-15-11-3-2-7(12)4-9(11)10-5-8(6-14)16-13-10/h2-5,14H,6H2,1H3. The van der Waals surface area contributed by atoms with Crippen LogP contribution in [0.1, 0.15) is 5.76 Å². The van der Waals surface area contributed by atoms with Crippen LogP contribution < -0.4 is 4.74 Å². The minimum absolute atomic E-state index is 0.185. The number of methoxy groups -OCH3 is 1. The highest BCUT2D eigenvalue weighted by Crippen LogP contribution is 2.31. The van der Waals surface area contributed by atoms with Crippen LogP contribution in [0.25, 0.3) is 11.3 Å². The third-order valence-electron chi connectivity index (χ3n) is 2.15. The zero-order chi connectivity index (χ0) is 11.5. The van der Waals surface area contributed by atoms with Crippen LogP contribution in [0, 0.1) is 0 Å². The largest absolute Gasteiger partial charge is 0.496 e. The molecule has 0 unspecified atom stereocenters. The van der Waals surface area contributed by atoms with Crippen LogP contribution in [-0.2, 0) is 6.61 Å². The predicted octanol–water partition coefficient (Wildman–Crippen LogP) is 2.50. The summed E-state index contributed by atoms with van der Waals surface area (Å²) in [5.41, 5.74) is 1.32. The molecule has 0 saturated heterocycles. The van der Waals surface area contributed by atoms with Crippen molar-refractivity contribution in [1.82, 2.24) is 5.16 Å². The molecule has 0 radical (unpaired) electrons. The van der Waals surface area contributed by atoms with Crippen molar-refractivity contribution in [2.45, 2.75) is 6.61 Å². The van der Waals surface area contributed by atoms with Gasteiger partial charge in [0.05, 0.1) is 7.11 Å². The lowest BCUT2D eigenvalue weighted by atomic mass is 10.1. The topological polar surface area (TPSA) is 55.5 Å². The summed E-state index contributed by atoms with van der Waals surface area (Å²) in [7, 11) is 1.57. The fraction of sp³-hybridized carbons (Fsp3) is 0.182. The average Bonchev–Trinajstić information content (AvgIpc) is 2.77. The Labute approximate surface area is 97.4 Å². The van der Waals surface area contributed by atoms with E-state index < -0.39 is 0 Å². The predicted molar refractivity (Wildman–Crippen MR) is 59.4 cm³/mol. The van der Waals surface area contributed by atoms with Crippen LogP contribution in [0.3, 0.4) is 0 Å². The number of rotatable bonds is 3. The molecule has 1 N–H and O–H groups in total. The van der Waals surface area contributed by atoms with E-state index in [1.165, 1.54) is 0 Å². The molecule has 0 aliphatic rings. The molecular formula is C11H10ClNO3. The molecule has 2 aromatic rings. The second-order valence-electron chi connectivity index (χ2n) is 3.18. The van der Waals surface area contributed by atoms with Gasteiger partial charge >= 0.3 is 0 Å². The van der Waals surface area contributed by atoms with Crippen molar-refractivity contribution in [3.63, 3.8) is 0 Å².